The van der Waals surface area contributed by atoms with Crippen molar-refractivity contribution in [3.63, 3.8) is 0 Å². The van der Waals surface area contributed by atoms with E-state index in [4.69, 9.17) is 4.74 Å². The summed E-state index contributed by atoms with van der Waals surface area (Å²) in [5.74, 6) is 0. The SMILES string of the molecule is CC(C)N(C(C)C)C(C)O[C]=O. The summed E-state index contributed by atoms with van der Waals surface area (Å²) in [6.45, 7) is 11.6. The van der Waals surface area contributed by atoms with Crippen molar-refractivity contribution in [2.45, 2.75) is 52.9 Å². The minimum atomic E-state index is -0.192. The van der Waals surface area contributed by atoms with Gasteiger partial charge in [-0.25, -0.2) is 4.79 Å². The predicted molar refractivity (Wildman–Crippen MR) is 48.4 cm³/mol. The summed E-state index contributed by atoms with van der Waals surface area (Å²) in [4.78, 5) is 12.1. The Hall–Kier alpha value is -0.570. The van der Waals surface area contributed by atoms with Crippen molar-refractivity contribution >= 4 is 6.47 Å². The Morgan fingerprint density at radius 1 is 1.08 bits per heavy atom. The van der Waals surface area contributed by atoms with Crippen LogP contribution >= 0.6 is 0 Å². The summed E-state index contributed by atoms with van der Waals surface area (Å²) in [6, 6.07) is 0.738. The number of ether oxygens (including phenoxy) is 1. The Balaban J connectivity index is 4.18. The van der Waals surface area contributed by atoms with E-state index < -0.39 is 0 Å². The van der Waals surface area contributed by atoms with E-state index >= 15 is 0 Å². The molecule has 0 aliphatic heterocycles. The van der Waals surface area contributed by atoms with Crippen molar-refractivity contribution in [1.82, 2.24) is 4.90 Å². The first-order valence-corrected chi connectivity index (χ1v) is 4.31. The predicted octanol–water partition coefficient (Wildman–Crippen LogP) is 1.53. The summed E-state index contributed by atoms with van der Waals surface area (Å²) >= 11 is 0. The van der Waals surface area contributed by atoms with Crippen molar-refractivity contribution in [3.8, 4) is 0 Å². The maximum absolute atomic E-state index is 9.99. The Bertz CT molecular complexity index is 126. The van der Waals surface area contributed by atoms with Crippen LogP contribution in [-0.4, -0.2) is 29.7 Å². The van der Waals surface area contributed by atoms with Gasteiger partial charge in [0.25, 0.3) is 0 Å². The molecule has 0 aromatic carbocycles. The van der Waals surface area contributed by atoms with E-state index in [2.05, 4.69) is 32.6 Å². The molecule has 12 heavy (non-hydrogen) atoms. The number of hydrogen-bond donors (Lipinski definition) is 0. The van der Waals surface area contributed by atoms with Crippen molar-refractivity contribution in [2.24, 2.45) is 0 Å². The molecule has 1 radical (unpaired) electrons. The van der Waals surface area contributed by atoms with Gasteiger partial charge in [-0.1, -0.05) is 0 Å². The topological polar surface area (TPSA) is 29.5 Å². The zero-order valence-electron chi connectivity index (χ0n) is 8.50. The zero-order chi connectivity index (χ0) is 9.72. The molecule has 0 fully saturated rings. The molecule has 0 aromatic heterocycles. The molecule has 0 aliphatic rings. The van der Waals surface area contributed by atoms with Gasteiger partial charge in [0.2, 0.25) is 0 Å². The Labute approximate surface area is 74.7 Å². The van der Waals surface area contributed by atoms with E-state index in [0.29, 0.717) is 12.1 Å². The molecular formula is C9H18NO2. The highest BCUT2D eigenvalue weighted by atomic mass is 16.5. The van der Waals surface area contributed by atoms with E-state index in [1.165, 1.54) is 6.47 Å². The third-order valence-electron chi connectivity index (χ3n) is 1.83. The smallest absolute Gasteiger partial charge is 0.419 e. The molecule has 1 atom stereocenters. The summed E-state index contributed by atoms with van der Waals surface area (Å²) in [7, 11) is 0. The third kappa shape index (κ3) is 3.22. The highest BCUT2D eigenvalue weighted by Gasteiger charge is 2.20. The fraction of sp³-hybridized carbons (Fsp3) is 0.889. The number of carbonyl (C=O) groups excluding carboxylic acids is 1. The molecule has 0 rings (SSSR count). The van der Waals surface area contributed by atoms with Crippen LogP contribution in [0.5, 0.6) is 0 Å². The Kier molecular flexibility index (Phi) is 4.90. The fourth-order valence-electron chi connectivity index (χ4n) is 1.57. The maximum Gasteiger partial charge on any atom is 0.419 e. The van der Waals surface area contributed by atoms with Gasteiger partial charge in [0, 0.05) is 12.1 Å². The summed E-state index contributed by atoms with van der Waals surface area (Å²) in [5, 5.41) is 0. The van der Waals surface area contributed by atoms with E-state index in [1.54, 1.807) is 0 Å². The molecule has 0 saturated heterocycles. The average Bonchev–Trinajstić information content (AvgIpc) is 1.85. The first-order chi connectivity index (χ1) is 5.50. The molecular weight excluding hydrogens is 154 g/mol. The summed E-state index contributed by atoms with van der Waals surface area (Å²) in [6.07, 6.45) is -0.192. The van der Waals surface area contributed by atoms with Gasteiger partial charge in [-0.15, -0.1) is 0 Å². The average molecular weight is 172 g/mol. The minimum Gasteiger partial charge on any atom is -0.438 e. The normalized spacial score (nSPS) is 14.0. The monoisotopic (exact) mass is 172 g/mol. The van der Waals surface area contributed by atoms with Crippen LogP contribution in [0.1, 0.15) is 34.6 Å². The van der Waals surface area contributed by atoms with Crippen LogP contribution in [0.15, 0.2) is 0 Å². The molecule has 0 amide bonds. The molecule has 0 saturated carbocycles. The van der Waals surface area contributed by atoms with Crippen molar-refractivity contribution in [1.29, 1.82) is 0 Å². The van der Waals surface area contributed by atoms with E-state index in [1.807, 2.05) is 6.92 Å². The van der Waals surface area contributed by atoms with Gasteiger partial charge < -0.3 is 4.74 Å². The number of nitrogens with zero attached hydrogens (tertiary/aromatic N) is 1. The lowest BCUT2D eigenvalue weighted by Crippen LogP contribution is -2.44. The van der Waals surface area contributed by atoms with Crippen molar-refractivity contribution in [2.75, 3.05) is 0 Å². The Morgan fingerprint density at radius 3 is 1.75 bits per heavy atom. The molecule has 0 spiro atoms. The van der Waals surface area contributed by atoms with Crippen LogP contribution in [0.3, 0.4) is 0 Å². The third-order valence-corrected chi connectivity index (χ3v) is 1.83. The lowest BCUT2D eigenvalue weighted by Gasteiger charge is -2.34. The van der Waals surface area contributed by atoms with Gasteiger partial charge in [0.15, 0.2) is 6.23 Å². The number of rotatable bonds is 5. The highest BCUT2D eigenvalue weighted by Crippen LogP contribution is 2.10. The second-order valence-electron chi connectivity index (χ2n) is 3.44. The standard InChI is InChI=1S/C9H18NO2/c1-7(2)10(8(3)4)9(5)12-6-11/h7-9H,1-5H3. The van der Waals surface area contributed by atoms with Crippen molar-refractivity contribution in [3.05, 3.63) is 0 Å². The minimum absolute atomic E-state index is 0.192. The Morgan fingerprint density at radius 2 is 1.50 bits per heavy atom. The first-order valence-electron chi connectivity index (χ1n) is 4.31. The van der Waals surface area contributed by atoms with Crippen LogP contribution in [0.25, 0.3) is 0 Å². The van der Waals surface area contributed by atoms with E-state index in [-0.39, 0.29) is 6.23 Å². The second-order valence-corrected chi connectivity index (χ2v) is 3.44. The van der Waals surface area contributed by atoms with Crippen LogP contribution in [0, 0.1) is 0 Å². The number of hydrogen-bond acceptors (Lipinski definition) is 3. The molecule has 1 unspecified atom stereocenters. The zero-order valence-corrected chi connectivity index (χ0v) is 8.50. The van der Waals surface area contributed by atoms with Gasteiger partial charge in [-0.3, -0.25) is 4.90 Å². The quantitative estimate of drug-likeness (QED) is 0.589. The van der Waals surface area contributed by atoms with Crippen LogP contribution < -0.4 is 0 Å². The molecule has 0 bridgehead atoms. The first kappa shape index (κ1) is 11.4. The van der Waals surface area contributed by atoms with Gasteiger partial charge in [0.1, 0.15) is 0 Å². The van der Waals surface area contributed by atoms with E-state index in [9.17, 15) is 4.79 Å². The van der Waals surface area contributed by atoms with Crippen LogP contribution in [0.4, 0.5) is 0 Å². The van der Waals surface area contributed by atoms with Crippen molar-refractivity contribution < 1.29 is 9.53 Å². The largest absolute Gasteiger partial charge is 0.438 e. The second kappa shape index (κ2) is 5.14. The van der Waals surface area contributed by atoms with Gasteiger partial charge in [0.05, 0.1) is 0 Å². The summed E-state index contributed by atoms with van der Waals surface area (Å²) in [5.41, 5.74) is 0. The fourth-order valence-corrected chi connectivity index (χ4v) is 1.57. The molecule has 0 N–H and O–H groups in total. The van der Waals surface area contributed by atoms with Gasteiger partial charge in [-0.05, 0) is 34.6 Å². The maximum atomic E-state index is 9.99. The van der Waals surface area contributed by atoms with E-state index in [0.717, 1.165) is 0 Å². The lowest BCUT2D eigenvalue weighted by molar-refractivity contribution is -0.0153. The molecule has 71 valence electrons. The summed E-state index contributed by atoms with van der Waals surface area (Å²) < 4.78 is 4.75. The lowest BCUT2D eigenvalue weighted by atomic mass is 10.2. The van der Waals surface area contributed by atoms with Crippen LogP contribution in [0.2, 0.25) is 0 Å². The molecule has 0 heterocycles. The van der Waals surface area contributed by atoms with Crippen LogP contribution in [-0.2, 0) is 9.53 Å². The molecule has 3 nitrogen and oxygen atoms in total. The van der Waals surface area contributed by atoms with Gasteiger partial charge >= 0.3 is 6.47 Å². The molecule has 0 aromatic rings. The van der Waals surface area contributed by atoms with Gasteiger partial charge in [-0.2, -0.15) is 0 Å². The molecule has 0 aliphatic carbocycles. The highest BCUT2D eigenvalue weighted by molar-refractivity contribution is 5.38. The molecule has 3 heteroatoms.